The predicted molar refractivity (Wildman–Crippen MR) is 69.8 cm³/mol. The van der Waals surface area contributed by atoms with Crippen LogP contribution in [0.3, 0.4) is 0 Å². The van der Waals surface area contributed by atoms with Crippen molar-refractivity contribution < 1.29 is 9.90 Å². The third kappa shape index (κ3) is 3.00. The molecule has 5 nitrogen and oxygen atoms in total. The van der Waals surface area contributed by atoms with E-state index >= 15 is 0 Å². The van der Waals surface area contributed by atoms with Gasteiger partial charge in [0.1, 0.15) is 0 Å². The molecule has 0 unspecified atom stereocenters. The van der Waals surface area contributed by atoms with Crippen LogP contribution in [-0.4, -0.2) is 39.7 Å². The second-order valence-electron chi connectivity index (χ2n) is 4.68. The zero-order valence-corrected chi connectivity index (χ0v) is 11.3. The number of aryl methyl sites for hydroxylation is 1. The number of hydrogen-bond donors (Lipinski definition) is 1. The number of aromatic nitrogens is 1. The van der Waals surface area contributed by atoms with E-state index in [1.165, 1.54) is 11.3 Å². The topological polar surface area (TPSA) is 62.5 Å². The number of hydrogen-bond acceptors (Lipinski definition) is 4. The van der Waals surface area contributed by atoms with Crippen molar-refractivity contribution in [2.75, 3.05) is 13.1 Å². The van der Waals surface area contributed by atoms with Gasteiger partial charge in [-0.05, 0) is 19.8 Å². The molecule has 0 radical (unpaired) electrons. The first-order chi connectivity index (χ1) is 8.58. The van der Waals surface area contributed by atoms with E-state index in [1.54, 1.807) is 9.47 Å². The van der Waals surface area contributed by atoms with Gasteiger partial charge in [0.05, 0.1) is 6.10 Å². The Hall–Kier alpha value is -1.14. The number of β-amino-alcohol motifs (C(OH)–C–C–N with tert-alkyl or cyclic N) is 1. The summed E-state index contributed by atoms with van der Waals surface area (Å²) >= 11 is 1.19. The van der Waals surface area contributed by atoms with Crippen molar-refractivity contribution in [1.29, 1.82) is 0 Å². The van der Waals surface area contributed by atoms with Gasteiger partial charge in [0.15, 0.2) is 0 Å². The molecule has 1 N–H and O–H groups in total. The van der Waals surface area contributed by atoms with Gasteiger partial charge in [-0.25, -0.2) is 0 Å². The third-order valence-electron chi connectivity index (χ3n) is 3.26. The molecule has 0 saturated carbocycles. The molecule has 6 heteroatoms. The minimum Gasteiger partial charge on any atom is -0.391 e. The summed E-state index contributed by atoms with van der Waals surface area (Å²) < 4.78 is 1.71. The lowest BCUT2D eigenvalue weighted by molar-refractivity contribution is -0.130. The Morgan fingerprint density at radius 1 is 1.61 bits per heavy atom. The highest BCUT2D eigenvalue weighted by molar-refractivity contribution is 7.07. The third-order valence-corrected chi connectivity index (χ3v) is 4.15. The average Bonchev–Trinajstić information content (AvgIpc) is 2.89. The van der Waals surface area contributed by atoms with Crippen LogP contribution in [0.1, 0.15) is 25.0 Å². The Labute approximate surface area is 110 Å². The predicted octanol–water partition coefficient (Wildman–Crippen LogP) is 0.592. The molecule has 1 aromatic rings. The molecule has 2 heterocycles. The molecule has 0 aromatic carbocycles. The Morgan fingerprint density at radius 2 is 2.39 bits per heavy atom. The molecule has 100 valence electrons. The SMILES string of the molecule is Cc1csc(=O)n1CCCC(=O)N1CC[C@@H](O)C1. The van der Waals surface area contributed by atoms with E-state index in [9.17, 15) is 14.7 Å². The summed E-state index contributed by atoms with van der Waals surface area (Å²) in [4.78, 5) is 25.0. The molecule has 18 heavy (non-hydrogen) atoms. The maximum absolute atomic E-state index is 11.8. The Bertz CT molecular complexity index is 480. The van der Waals surface area contributed by atoms with Crippen LogP contribution in [0.5, 0.6) is 0 Å². The van der Waals surface area contributed by atoms with E-state index in [4.69, 9.17) is 0 Å². The first-order valence-corrected chi connectivity index (χ1v) is 7.06. The van der Waals surface area contributed by atoms with Gasteiger partial charge in [-0.3, -0.25) is 9.59 Å². The van der Waals surface area contributed by atoms with Gasteiger partial charge in [-0.15, -0.1) is 0 Å². The summed E-state index contributed by atoms with van der Waals surface area (Å²) in [7, 11) is 0. The van der Waals surface area contributed by atoms with Crippen molar-refractivity contribution in [3.05, 3.63) is 20.7 Å². The normalized spacial score (nSPS) is 19.4. The molecule has 0 bridgehead atoms. The fourth-order valence-corrected chi connectivity index (χ4v) is 2.95. The first-order valence-electron chi connectivity index (χ1n) is 6.18. The van der Waals surface area contributed by atoms with Crippen LogP contribution in [0, 0.1) is 6.92 Å². The minimum atomic E-state index is -0.365. The number of nitrogens with zero attached hydrogens (tertiary/aromatic N) is 2. The second-order valence-corrected chi connectivity index (χ2v) is 5.50. The van der Waals surface area contributed by atoms with Crippen molar-refractivity contribution in [1.82, 2.24) is 9.47 Å². The van der Waals surface area contributed by atoms with E-state index in [-0.39, 0.29) is 16.9 Å². The molecule has 1 fully saturated rings. The average molecular weight is 270 g/mol. The zero-order chi connectivity index (χ0) is 13.1. The van der Waals surface area contributed by atoms with Crippen LogP contribution >= 0.6 is 11.3 Å². The molecule has 1 amide bonds. The summed E-state index contributed by atoms with van der Waals surface area (Å²) in [6.07, 6.45) is 1.42. The van der Waals surface area contributed by atoms with Crippen LogP contribution in [0.15, 0.2) is 10.2 Å². The quantitative estimate of drug-likeness (QED) is 0.871. The lowest BCUT2D eigenvalue weighted by atomic mass is 10.2. The van der Waals surface area contributed by atoms with Crippen molar-refractivity contribution in [2.24, 2.45) is 0 Å². The van der Waals surface area contributed by atoms with Crippen LogP contribution in [0.4, 0.5) is 0 Å². The van der Waals surface area contributed by atoms with Gasteiger partial charge in [-0.2, -0.15) is 0 Å². The number of amides is 1. The fraction of sp³-hybridized carbons (Fsp3) is 0.667. The summed E-state index contributed by atoms with van der Waals surface area (Å²) in [6.45, 7) is 3.60. The summed E-state index contributed by atoms with van der Waals surface area (Å²) in [5.41, 5.74) is 0.953. The van der Waals surface area contributed by atoms with E-state index < -0.39 is 0 Å². The van der Waals surface area contributed by atoms with Crippen LogP contribution in [-0.2, 0) is 11.3 Å². The number of aliphatic hydroxyl groups is 1. The van der Waals surface area contributed by atoms with E-state index in [2.05, 4.69) is 0 Å². The maximum Gasteiger partial charge on any atom is 0.307 e. The Kier molecular flexibility index (Phi) is 4.19. The number of likely N-dealkylation sites (tertiary alicyclic amines) is 1. The zero-order valence-electron chi connectivity index (χ0n) is 10.5. The number of carbonyl (C=O) groups excluding carboxylic acids is 1. The number of thiazole rings is 1. The monoisotopic (exact) mass is 270 g/mol. The summed E-state index contributed by atoms with van der Waals surface area (Å²) in [6, 6.07) is 0. The minimum absolute atomic E-state index is 0.0385. The fourth-order valence-electron chi connectivity index (χ4n) is 2.19. The van der Waals surface area contributed by atoms with Crippen LogP contribution < -0.4 is 4.87 Å². The van der Waals surface area contributed by atoms with Crippen LogP contribution in [0.25, 0.3) is 0 Å². The number of carbonyl (C=O) groups is 1. The Balaban J connectivity index is 1.79. The van der Waals surface area contributed by atoms with Crippen molar-refractivity contribution in [3.63, 3.8) is 0 Å². The van der Waals surface area contributed by atoms with Crippen molar-refractivity contribution in [2.45, 2.75) is 38.8 Å². The smallest absolute Gasteiger partial charge is 0.307 e. The molecule has 1 aliphatic rings. The first kappa shape index (κ1) is 13.3. The molecule has 1 aliphatic heterocycles. The van der Waals surface area contributed by atoms with E-state index in [0.717, 1.165) is 5.69 Å². The molecule has 1 atom stereocenters. The molecule has 1 saturated heterocycles. The highest BCUT2D eigenvalue weighted by Gasteiger charge is 2.23. The van der Waals surface area contributed by atoms with E-state index in [1.807, 2.05) is 12.3 Å². The van der Waals surface area contributed by atoms with E-state index in [0.29, 0.717) is 38.9 Å². The Morgan fingerprint density at radius 3 is 2.94 bits per heavy atom. The lowest BCUT2D eigenvalue weighted by Gasteiger charge is -2.15. The summed E-state index contributed by atoms with van der Waals surface area (Å²) in [5, 5.41) is 11.2. The van der Waals surface area contributed by atoms with Gasteiger partial charge in [0, 0.05) is 37.1 Å². The molecule has 1 aromatic heterocycles. The number of aliphatic hydroxyl groups excluding tert-OH is 1. The second kappa shape index (κ2) is 5.67. The largest absolute Gasteiger partial charge is 0.391 e. The van der Waals surface area contributed by atoms with Gasteiger partial charge in [0.25, 0.3) is 0 Å². The maximum atomic E-state index is 11.8. The highest BCUT2D eigenvalue weighted by Crippen LogP contribution is 2.11. The molecule has 0 spiro atoms. The van der Waals surface area contributed by atoms with Crippen molar-refractivity contribution in [3.8, 4) is 0 Å². The van der Waals surface area contributed by atoms with Gasteiger partial charge < -0.3 is 14.6 Å². The number of rotatable bonds is 4. The van der Waals surface area contributed by atoms with Gasteiger partial charge in [0.2, 0.25) is 5.91 Å². The molecular formula is C12H18N2O3S. The standard InChI is InChI=1S/C12H18N2O3S/c1-9-8-18-12(17)14(9)5-2-3-11(16)13-6-4-10(15)7-13/h8,10,15H,2-7H2,1H3/t10-/m1/s1. The van der Waals surface area contributed by atoms with Gasteiger partial charge >= 0.3 is 4.87 Å². The highest BCUT2D eigenvalue weighted by atomic mass is 32.1. The molecular weight excluding hydrogens is 252 g/mol. The summed E-state index contributed by atoms with van der Waals surface area (Å²) in [5.74, 6) is 0.0764. The molecule has 0 aliphatic carbocycles. The lowest BCUT2D eigenvalue weighted by Crippen LogP contribution is -2.29. The molecule has 2 rings (SSSR count). The van der Waals surface area contributed by atoms with Crippen molar-refractivity contribution >= 4 is 17.2 Å². The van der Waals surface area contributed by atoms with Gasteiger partial charge in [-0.1, -0.05) is 11.3 Å². The van der Waals surface area contributed by atoms with Crippen LogP contribution in [0.2, 0.25) is 0 Å².